The molecule has 0 spiro atoms. The molecule has 10 heteroatoms. The molecular formula is C20H30N6O4. The van der Waals surface area contributed by atoms with Crippen LogP contribution in [0.3, 0.4) is 0 Å². The van der Waals surface area contributed by atoms with Crippen LogP contribution in [0.2, 0.25) is 0 Å². The van der Waals surface area contributed by atoms with Crippen LogP contribution in [0.15, 0.2) is 12.1 Å². The van der Waals surface area contributed by atoms with Crippen LogP contribution in [0, 0.1) is 5.92 Å². The molecule has 1 saturated carbocycles. The maximum atomic E-state index is 12.5. The largest absolute Gasteiger partial charge is 0.449 e. The normalized spacial score (nSPS) is 18.2. The van der Waals surface area contributed by atoms with Gasteiger partial charge in [-0.15, -0.1) is 0 Å². The van der Waals surface area contributed by atoms with Crippen molar-refractivity contribution in [2.75, 3.05) is 18.5 Å². The lowest BCUT2D eigenvalue weighted by molar-refractivity contribution is 0.0924. The Morgan fingerprint density at radius 3 is 2.80 bits per heavy atom. The zero-order valence-electron chi connectivity index (χ0n) is 17.9. The highest BCUT2D eigenvalue weighted by Crippen LogP contribution is 2.41. The number of aromatic amines is 1. The van der Waals surface area contributed by atoms with Crippen LogP contribution in [0.25, 0.3) is 0 Å². The molecule has 0 radical (unpaired) electrons. The first-order valence-electron chi connectivity index (χ1n) is 10.3. The smallest absolute Gasteiger partial charge is 0.407 e. The second-order valence-corrected chi connectivity index (χ2v) is 7.88. The van der Waals surface area contributed by atoms with E-state index in [-0.39, 0.29) is 18.0 Å². The summed E-state index contributed by atoms with van der Waals surface area (Å²) in [6, 6.07) is 3.63. The third-order valence-electron chi connectivity index (χ3n) is 4.99. The number of nitrogens with zero attached hydrogens (tertiary/aromatic N) is 3. The van der Waals surface area contributed by atoms with Gasteiger partial charge >= 0.3 is 6.09 Å². The molecule has 1 aliphatic carbocycles. The first-order chi connectivity index (χ1) is 14.4. The quantitative estimate of drug-likeness (QED) is 0.575. The predicted octanol–water partition coefficient (Wildman–Crippen LogP) is 2.56. The summed E-state index contributed by atoms with van der Waals surface area (Å²) in [5.41, 5.74) is 2.11. The number of anilines is 1. The molecule has 0 saturated heterocycles. The summed E-state index contributed by atoms with van der Waals surface area (Å²) in [6.07, 6.45) is 1.44. The van der Waals surface area contributed by atoms with Gasteiger partial charge in [0, 0.05) is 37.4 Å². The van der Waals surface area contributed by atoms with Gasteiger partial charge in [-0.05, 0) is 45.6 Å². The topological polar surface area (TPSA) is 123 Å². The number of H-pyrrole nitrogens is 1. The first-order valence-corrected chi connectivity index (χ1v) is 10.3. The molecule has 2 amide bonds. The van der Waals surface area contributed by atoms with Crippen molar-refractivity contribution in [1.29, 1.82) is 0 Å². The minimum atomic E-state index is -0.375. The molecular weight excluding hydrogens is 388 g/mol. The highest BCUT2D eigenvalue weighted by Gasteiger charge is 2.32. The van der Waals surface area contributed by atoms with E-state index in [0.29, 0.717) is 48.9 Å². The molecule has 2 aromatic heterocycles. The zero-order valence-corrected chi connectivity index (χ0v) is 17.9. The van der Waals surface area contributed by atoms with E-state index in [9.17, 15) is 9.59 Å². The van der Waals surface area contributed by atoms with Crippen LogP contribution in [0.1, 0.15) is 61.4 Å². The third-order valence-corrected chi connectivity index (χ3v) is 4.99. The van der Waals surface area contributed by atoms with Crippen molar-refractivity contribution < 1.29 is 19.1 Å². The minimum absolute atomic E-state index is 0.0628. The van der Waals surface area contributed by atoms with E-state index in [4.69, 9.17) is 9.47 Å². The summed E-state index contributed by atoms with van der Waals surface area (Å²) in [5.74, 6) is 0.854. The lowest BCUT2D eigenvalue weighted by Gasteiger charge is -2.34. The monoisotopic (exact) mass is 418 g/mol. The molecule has 10 nitrogen and oxygen atoms in total. The van der Waals surface area contributed by atoms with Gasteiger partial charge in [0.25, 0.3) is 5.91 Å². The molecule has 1 aliphatic rings. The Hall–Kier alpha value is -2.88. The fourth-order valence-electron chi connectivity index (χ4n) is 3.40. The summed E-state index contributed by atoms with van der Waals surface area (Å²) in [6.45, 7) is 7.07. The van der Waals surface area contributed by atoms with Crippen molar-refractivity contribution in [3.05, 3.63) is 29.2 Å². The van der Waals surface area contributed by atoms with Crippen molar-refractivity contribution in [3.8, 4) is 0 Å². The molecule has 0 atom stereocenters. The van der Waals surface area contributed by atoms with Crippen LogP contribution >= 0.6 is 0 Å². The fraction of sp³-hybridized carbons (Fsp3) is 0.600. The molecule has 0 unspecified atom stereocenters. The second kappa shape index (κ2) is 9.75. The molecule has 1 fully saturated rings. The highest BCUT2D eigenvalue weighted by atomic mass is 16.5. The predicted molar refractivity (Wildman–Crippen MR) is 110 cm³/mol. The van der Waals surface area contributed by atoms with Gasteiger partial charge in [-0.3, -0.25) is 14.6 Å². The summed E-state index contributed by atoms with van der Waals surface area (Å²) in [5, 5.41) is 17.0. The third kappa shape index (κ3) is 5.59. The van der Waals surface area contributed by atoms with Crippen molar-refractivity contribution in [2.24, 2.45) is 13.0 Å². The van der Waals surface area contributed by atoms with Gasteiger partial charge in [-0.1, -0.05) is 0 Å². The number of carbonyl (C=O) groups excluding carboxylic acids is 2. The minimum Gasteiger partial charge on any atom is -0.449 e. The Morgan fingerprint density at radius 2 is 2.10 bits per heavy atom. The van der Waals surface area contributed by atoms with Gasteiger partial charge in [0.05, 0.1) is 18.9 Å². The summed E-state index contributed by atoms with van der Waals surface area (Å²) >= 11 is 0. The summed E-state index contributed by atoms with van der Waals surface area (Å²) < 4.78 is 12.1. The molecule has 0 aromatic carbocycles. The molecule has 3 N–H and O–H groups in total. The summed E-state index contributed by atoms with van der Waals surface area (Å²) in [7, 11) is 1.72. The van der Waals surface area contributed by atoms with E-state index in [1.165, 1.54) is 4.68 Å². The van der Waals surface area contributed by atoms with Gasteiger partial charge < -0.3 is 20.1 Å². The fourth-order valence-corrected chi connectivity index (χ4v) is 3.40. The van der Waals surface area contributed by atoms with Crippen molar-refractivity contribution in [1.82, 2.24) is 25.3 Å². The molecule has 0 bridgehead atoms. The Morgan fingerprint density at radius 1 is 1.33 bits per heavy atom. The first kappa shape index (κ1) is 21.8. The Bertz CT molecular complexity index is 869. The lowest BCUT2D eigenvalue weighted by atomic mass is 9.74. The molecule has 2 aromatic rings. The number of hydrogen-bond acceptors (Lipinski definition) is 6. The number of nitrogens with one attached hydrogen (secondary N) is 3. The van der Waals surface area contributed by atoms with Gasteiger partial charge in [-0.2, -0.15) is 10.2 Å². The number of alkyl carbamates (subject to hydrolysis) is 1. The molecule has 30 heavy (non-hydrogen) atoms. The van der Waals surface area contributed by atoms with Gasteiger partial charge in [-0.25, -0.2) is 4.79 Å². The van der Waals surface area contributed by atoms with E-state index in [1.807, 2.05) is 26.8 Å². The number of aryl methyl sites for hydroxylation is 1. The number of amides is 2. The van der Waals surface area contributed by atoms with E-state index in [1.54, 1.807) is 13.1 Å². The van der Waals surface area contributed by atoms with Crippen LogP contribution in [-0.2, 0) is 23.1 Å². The van der Waals surface area contributed by atoms with Gasteiger partial charge in [0.15, 0.2) is 5.82 Å². The average molecular weight is 418 g/mol. The van der Waals surface area contributed by atoms with Crippen LogP contribution in [0.4, 0.5) is 10.6 Å². The second-order valence-electron chi connectivity index (χ2n) is 7.88. The molecule has 164 valence electrons. The average Bonchev–Trinajstić information content (AvgIpc) is 3.24. The lowest BCUT2D eigenvalue weighted by Crippen LogP contribution is -2.34. The van der Waals surface area contributed by atoms with E-state index >= 15 is 0 Å². The van der Waals surface area contributed by atoms with E-state index in [0.717, 1.165) is 18.5 Å². The number of aromatic nitrogens is 4. The zero-order chi connectivity index (χ0) is 21.7. The van der Waals surface area contributed by atoms with Crippen molar-refractivity contribution in [3.63, 3.8) is 0 Å². The maximum absolute atomic E-state index is 12.5. The van der Waals surface area contributed by atoms with Gasteiger partial charge in [0.1, 0.15) is 5.69 Å². The highest BCUT2D eigenvalue weighted by molar-refractivity contribution is 6.02. The molecule has 2 heterocycles. The number of rotatable bonds is 9. The van der Waals surface area contributed by atoms with Crippen LogP contribution < -0.4 is 10.6 Å². The van der Waals surface area contributed by atoms with Crippen molar-refractivity contribution in [2.45, 2.75) is 52.2 Å². The van der Waals surface area contributed by atoms with E-state index < -0.39 is 0 Å². The SMILES string of the molecule is CCOCc1cc(C(=O)Nc2cc([C@H]3C[C@H](COC(=O)NC(C)C)C3)[nH]n2)n(C)n1. The number of carbonyl (C=O) groups is 2. The Kier molecular flexibility index (Phi) is 7.09. The molecule has 3 rings (SSSR count). The van der Waals surface area contributed by atoms with E-state index in [2.05, 4.69) is 25.9 Å². The summed E-state index contributed by atoms with van der Waals surface area (Å²) in [4.78, 5) is 24.1. The molecule has 0 aliphatic heterocycles. The number of ether oxygens (including phenoxy) is 2. The maximum Gasteiger partial charge on any atom is 0.407 e. The number of hydrogen-bond donors (Lipinski definition) is 3. The van der Waals surface area contributed by atoms with Crippen LogP contribution in [0.5, 0.6) is 0 Å². The Labute approximate surface area is 175 Å². The van der Waals surface area contributed by atoms with Gasteiger partial charge in [0.2, 0.25) is 0 Å². The Balaban J connectivity index is 1.46. The van der Waals surface area contributed by atoms with Crippen molar-refractivity contribution >= 4 is 17.8 Å². The standard InChI is InChI=1S/C20H30N6O4/c1-5-29-11-15-8-17(26(4)25-15)19(27)22-18-9-16(23-24-18)14-6-13(7-14)10-30-20(28)21-12(2)3/h8-9,12-14H,5-7,10-11H2,1-4H3,(H,21,28)(H2,22,23,24,27)/t13-,14-. The van der Waals surface area contributed by atoms with Crippen LogP contribution in [-0.4, -0.2) is 51.2 Å².